The molecule has 0 atom stereocenters. The van der Waals surface area contributed by atoms with Crippen molar-refractivity contribution in [3.8, 4) is 0 Å². The minimum atomic E-state index is -0.245. The lowest BCUT2D eigenvalue weighted by atomic mass is 10.3. The van der Waals surface area contributed by atoms with Gasteiger partial charge in [0.25, 0.3) is 0 Å². The zero-order valence-corrected chi connectivity index (χ0v) is 19.3. The molecule has 0 aliphatic carbocycles. The van der Waals surface area contributed by atoms with E-state index >= 15 is 0 Å². The molecular formula is C21H20Cl2N6O2S. The maximum absolute atomic E-state index is 12.5. The Kier molecular flexibility index (Phi) is 7.64. The van der Waals surface area contributed by atoms with Gasteiger partial charge < -0.3 is 20.3 Å². The second-order valence-electron chi connectivity index (χ2n) is 6.79. The van der Waals surface area contributed by atoms with Crippen molar-refractivity contribution in [1.82, 2.24) is 15.0 Å². The molecule has 1 aromatic heterocycles. The molecule has 4 rings (SSSR count). The van der Waals surface area contributed by atoms with E-state index in [1.165, 1.54) is 11.8 Å². The highest BCUT2D eigenvalue weighted by Crippen LogP contribution is 2.26. The maximum Gasteiger partial charge on any atom is 0.234 e. The number of hydrogen-bond acceptors (Lipinski definition) is 8. The third-order valence-electron chi connectivity index (χ3n) is 4.46. The molecule has 0 unspecified atom stereocenters. The number of nitrogens with zero attached hydrogens (tertiary/aromatic N) is 4. The van der Waals surface area contributed by atoms with Crippen molar-refractivity contribution in [2.24, 2.45) is 0 Å². The van der Waals surface area contributed by atoms with Crippen molar-refractivity contribution in [2.45, 2.75) is 5.16 Å². The number of hydrogen-bond donors (Lipinski definition) is 2. The first-order chi connectivity index (χ1) is 15.6. The van der Waals surface area contributed by atoms with Crippen molar-refractivity contribution in [3.05, 3.63) is 58.6 Å². The van der Waals surface area contributed by atoms with Crippen molar-refractivity contribution in [1.29, 1.82) is 0 Å². The number of morpholine rings is 1. The predicted octanol–water partition coefficient (Wildman–Crippen LogP) is 4.49. The van der Waals surface area contributed by atoms with Crippen LogP contribution in [0.3, 0.4) is 0 Å². The Morgan fingerprint density at radius 2 is 1.84 bits per heavy atom. The number of para-hydroxylation sites is 1. The normalized spacial score (nSPS) is 13.6. The SMILES string of the molecule is O=C(CSc1nc(Nc2ccccc2)nc(N2CCOCC2)n1)Nc1cc(Cl)ccc1Cl. The van der Waals surface area contributed by atoms with Crippen LogP contribution >= 0.6 is 35.0 Å². The molecule has 1 amide bonds. The van der Waals surface area contributed by atoms with Crippen molar-refractivity contribution in [3.63, 3.8) is 0 Å². The van der Waals surface area contributed by atoms with Crippen LogP contribution < -0.4 is 15.5 Å². The summed E-state index contributed by atoms with van der Waals surface area (Å²) in [5, 5.41) is 7.30. The lowest BCUT2D eigenvalue weighted by Gasteiger charge is -2.27. The summed E-state index contributed by atoms with van der Waals surface area (Å²) in [5.74, 6) is 0.807. The van der Waals surface area contributed by atoms with Crippen molar-refractivity contribution >= 4 is 64.1 Å². The minimum absolute atomic E-state index is 0.0974. The lowest BCUT2D eigenvalue weighted by molar-refractivity contribution is -0.113. The standard InChI is InChI=1S/C21H20Cl2N6O2S/c22-14-6-7-16(23)17(12-14)25-18(30)13-32-21-27-19(24-15-4-2-1-3-5-15)26-20(28-21)29-8-10-31-11-9-29/h1-7,12H,8-11,13H2,(H,25,30)(H,24,26,27,28). The van der Waals surface area contributed by atoms with Gasteiger partial charge in [-0.3, -0.25) is 4.79 Å². The van der Waals surface area contributed by atoms with E-state index in [-0.39, 0.29) is 11.7 Å². The van der Waals surface area contributed by atoms with Gasteiger partial charge in [0.1, 0.15) is 0 Å². The highest BCUT2D eigenvalue weighted by atomic mass is 35.5. The number of rotatable bonds is 7. The zero-order valence-electron chi connectivity index (χ0n) is 16.9. The zero-order chi connectivity index (χ0) is 22.3. The smallest absolute Gasteiger partial charge is 0.234 e. The van der Waals surface area contributed by atoms with Crippen LogP contribution in [0.1, 0.15) is 0 Å². The summed E-state index contributed by atoms with van der Waals surface area (Å²) in [4.78, 5) is 28.1. The van der Waals surface area contributed by atoms with Gasteiger partial charge in [0.15, 0.2) is 5.16 Å². The average Bonchev–Trinajstić information content (AvgIpc) is 2.81. The summed E-state index contributed by atoms with van der Waals surface area (Å²) in [5.41, 5.74) is 1.32. The minimum Gasteiger partial charge on any atom is -0.378 e. The summed E-state index contributed by atoms with van der Waals surface area (Å²) in [7, 11) is 0. The van der Waals surface area contributed by atoms with Gasteiger partial charge in [-0.05, 0) is 30.3 Å². The maximum atomic E-state index is 12.5. The number of ether oxygens (including phenoxy) is 1. The number of nitrogens with one attached hydrogen (secondary N) is 2. The Morgan fingerprint density at radius 3 is 2.62 bits per heavy atom. The van der Waals surface area contributed by atoms with E-state index in [2.05, 4.69) is 25.6 Å². The molecule has 166 valence electrons. The van der Waals surface area contributed by atoms with Crippen LogP contribution in [-0.4, -0.2) is 52.9 Å². The molecule has 1 aliphatic rings. The summed E-state index contributed by atoms with van der Waals surface area (Å²) in [6.07, 6.45) is 0. The molecule has 0 radical (unpaired) electrons. The largest absolute Gasteiger partial charge is 0.378 e. The van der Waals surface area contributed by atoms with E-state index in [0.717, 1.165) is 5.69 Å². The Bertz CT molecular complexity index is 1080. The predicted molar refractivity (Wildman–Crippen MR) is 128 cm³/mol. The second-order valence-corrected chi connectivity index (χ2v) is 8.58. The summed E-state index contributed by atoms with van der Waals surface area (Å²) >= 11 is 13.3. The van der Waals surface area contributed by atoms with Gasteiger partial charge in [0.2, 0.25) is 17.8 Å². The van der Waals surface area contributed by atoms with Gasteiger partial charge in [0.05, 0.1) is 29.7 Å². The Labute approximate surface area is 199 Å². The molecule has 0 saturated carbocycles. The molecular weight excluding hydrogens is 471 g/mol. The highest BCUT2D eigenvalue weighted by Gasteiger charge is 2.18. The molecule has 3 aromatic rings. The van der Waals surface area contributed by atoms with Gasteiger partial charge >= 0.3 is 0 Å². The highest BCUT2D eigenvalue weighted by molar-refractivity contribution is 7.99. The Balaban J connectivity index is 1.49. The third kappa shape index (κ3) is 6.23. The van der Waals surface area contributed by atoms with Gasteiger partial charge in [-0.2, -0.15) is 15.0 Å². The molecule has 2 heterocycles. The summed E-state index contributed by atoms with van der Waals surface area (Å²) in [6.45, 7) is 2.59. The molecule has 2 aromatic carbocycles. The molecule has 2 N–H and O–H groups in total. The molecule has 11 heteroatoms. The Hall–Kier alpha value is -2.59. The van der Waals surface area contributed by atoms with Crippen LogP contribution in [0.15, 0.2) is 53.7 Å². The number of anilines is 4. The third-order valence-corrected chi connectivity index (χ3v) is 5.87. The molecule has 1 aliphatic heterocycles. The van der Waals surface area contributed by atoms with Crippen LogP contribution in [0.25, 0.3) is 0 Å². The fourth-order valence-corrected chi connectivity index (χ4v) is 3.90. The van der Waals surface area contributed by atoms with E-state index in [4.69, 9.17) is 27.9 Å². The van der Waals surface area contributed by atoms with Gasteiger partial charge in [0, 0.05) is 23.8 Å². The molecule has 1 fully saturated rings. The van der Waals surface area contributed by atoms with Gasteiger partial charge in [-0.1, -0.05) is 53.2 Å². The van der Waals surface area contributed by atoms with Crippen molar-refractivity contribution < 1.29 is 9.53 Å². The first-order valence-electron chi connectivity index (χ1n) is 9.85. The fourth-order valence-electron chi connectivity index (χ4n) is 2.93. The van der Waals surface area contributed by atoms with Gasteiger partial charge in [-0.25, -0.2) is 0 Å². The van der Waals surface area contributed by atoms with Gasteiger partial charge in [-0.15, -0.1) is 0 Å². The summed E-state index contributed by atoms with van der Waals surface area (Å²) in [6, 6.07) is 14.5. The number of aromatic nitrogens is 3. The number of carbonyl (C=O) groups is 1. The van der Waals surface area contributed by atoms with Crippen LogP contribution in [0.2, 0.25) is 10.0 Å². The van der Waals surface area contributed by atoms with Crippen LogP contribution in [-0.2, 0) is 9.53 Å². The number of benzene rings is 2. The van der Waals surface area contributed by atoms with Crippen LogP contribution in [0.5, 0.6) is 0 Å². The number of carbonyl (C=O) groups excluding carboxylic acids is 1. The quantitative estimate of drug-likeness (QED) is 0.468. The topological polar surface area (TPSA) is 92.3 Å². The Morgan fingerprint density at radius 1 is 1.06 bits per heavy atom. The second kappa shape index (κ2) is 10.8. The monoisotopic (exact) mass is 490 g/mol. The van der Waals surface area contributed by atoms with E-state index in [0.29, 0.717) is 59.1 Å². The van der Waals surface area contributed by atoms with Crippen molar-refractivity contribution in [2.75, 3.05) is 47.6 Å². The van der Waals surface area contributed by atoms with E-state index in [9.17, 15) is 4.79 Å². The molecule has 8 nitrogen and oxygen atoms in total. The number of amides is 1. The first kappa shape index (κ1) is 22.6. The lowest BCUT2D eigenvalue weighted by Crippen LogP contribution is -2.37. The molecule has 1 saturated heterocycles. The van der Waals surface area contributed by atoms with Crippen LogP contribution in [0, 0.1) is 0 Å². The first-order valence-corrected chi connectivity index (χ1v) is 11.6. The number of thioether (sulfide) groups is 1. The molecule has 0 spiro atoms. The fraction of sp³-hybridized carbons (Fsp3) is 0.238. The van der Waals surface area contributed by atoms with Crippen LogP contribution in [0.4, 0.5) is 23.3 Å². The number of halogens is 2. The average molecular weight is 491 g/mol. The molecule has 0 bridgehead atoms. The van der Waals surface area contributed by atoms with E-state index in [1.807, 2.05) is 35.2 Å². The van der Waals surface area contributed by atoms with E-state index in [1.54, 1.807) is 18.2 Å². The van der Waals surface area contributed by atoms with E-state index < -0.39 is 0 Å². The molecule has 32 heavy (non-hydrogen) atoms. The summed E-state index contributed by atoms with van der Waals surface area (Å²) < 4.78 is 5.42.